The summed E-state index contributed by atoms with van der Waals surface area (Å²) in [5.74, 6) is -0.834. The van der Waals surface area contributed by atoms with Crippen molar-refractivity contribution < 1.29 is 14.1 Å². The van der Waals surface area contributed by atoms with Gasteiger partial charge in [0.25, 0.3) is 11.6 Å². The number of halogens is 1. The first-order valence-corrected chi connectivity index (χ1v) is 10.6. The highest BCUT2D eigenvalue weighted by Crippen LogP contribution is 2.25. The zero-order valence-corrected chi connectivity index (χ0v) is 18.4. The van der Waals surface area contributed by atoms with E-state index in [1.165, 1.54) is 52.0 Å². The first kappa shape index (κ1) is 23.3. The molecule has 9 nitrogen and oxygen atoms in total. The molecular formula is C25H19FN6O3. The van der Waals surface area contributed by atoms with Gasteiger partial charge in [0, 0.05) is 43.2 Å². The van der Waals surface area contributed by atoms with Gasteiger partial charge in [-0.2, -0.15) is 10.4 Å². The number of nitro benzene ring substituents is 1. The van der Waals surface area contributed by atoms with Crippen LogP contribution < -0.4 is 0 Å². The zero-order chi connectivity index (χ0) is 24.8. The molecule has 35 heavy (non-hydrogen) atoms. The van der Waals surface area contributed by atoms with Gasteiger partial charge in [0.2, 0.25) is 0 Å². The monoisotopic (exact) mass is 470 g/mol. The standard InChI is InChI=1S/C25H19FN6O3/c26-20-9-7-19(8-10-20)23-15-24(31(29-23)21-5-1-6-22(14-21)32(34)35)25(33)30(13-3-11-27)17-18-4-2-12-28-16-18/h1-2,4-10,12,14-16H,3,13,17H2. The van der Waals surface area contributed by atoms with Gasteiger partial charge in [-0.1, -0.05) is 12.1 Å². The number of rotatable bonds is 8. The number of nitriles is 1. The van der Waals surface area contributed by atoms with Crippen LogP contribution in [0, 0.1) is 27.3 Å². The number of carbonyl (C=O) groups excluding carboxylic acids is 1. The Morgan fingerprint density at radius 2 is 1.94 bits per heavy atom. The van der Waals surface area contributed by atoms with Gasteiger partial charge in [-0.15, -0.1) is 0 Å². The normalized spacial score (nSPS) is 10.5. The van der Waals surface area contributed by atoms with E-state index in [1.807, 2.05) is 6.07 Å². The van der Waals surface area contributed by atoms with E-state index in [9.17, 15) is 19.3 Å². The number of hydrogen-bond acceptors (Lipinski definition) is 6. The van der Waals surface area contributed by atoms with Gasteiger partial charge in [0.05, 0.1) is 28.8 Å². The molecule has 0 N–H and O–H groups in total. The smallest absolute Gasteiger partial charge is 0.272 e. The quantitative estimate of drug-likeness (QED) is 0.276. The molecule has 2 heterocycles. The van der Waals surface area contributed by atoms with E-state index in [0.29, 0.717) is 16.9 Å². The lowest BCUT2D eigenvalue weighted by molar-refractivity contribution is -0.384. The van der Waals surface area contributed by atoms with Crippen molar-refractivity contribution in [3.63, 3.8) is 0 Å². The molecule has 0 fully saturated rings. The molecule has 0 aliphatic heterocycles. The van der Waals surface area contributed by atoms with Crippen molar-refractivity contribution in [2.75, 3.05) is 6.54 Å². The predicted molar refractivity (Wildman–Crippen MR) is 125 cm³/mol. The lowest BCUT2D eigenvalue weighted by Crippen LogP contribution is -2.33. The van der Waals surface area contributed by atoms with Gasteiger partial charge >= 0.3 is 0 Å². The summed E-state index contributed by atoms with van der Waals surface area (Å²) < 4.78 is 14.8. The molecule has 0 bridgehead atoms. The van der Waals surface area contributed by atoms with Crippen molar-refractivity contribution in [2.45, 2.75) is 13.0 Å². The number of nitrogens with zero attached hydrogens (tertiary/aromatic N) is 6. The van der Waals surface area contributed by atoms with Crippen LogP contribution >= 0.6 is 0 Å². The SMILES string of the molecule is N#CCCN(Cc1cccnc1)C(=O)c1cc(-c2ccc(F)cc2)nn1-c1cccc([N+](=O)[O-])c1. The molecule has 2 aromatic carbocycles. The number of nitro groups is 1. The molecule has 2 aromatic heterocycles. The topological polar surface area (TPSA) is 118 Å². The second-order valence-corrected chi connectivity index (χ2v) is 7.61. The highest BCUT2D eigenvalue weighted by atomic mass is 19.1. The molecule has 4 aromatic rings. The molecule has 1 amide bonds. The second kappa shape index (κ2) is 10.4. The summed E-state index contributed by atoms with van der Waals surface area (Å²) in [5.41, 5.74) is 2.04. The summed E-state index contributed by atoms with van der Waals surface area (Å²) in [5, 5.41) is 25.0. The van der Waals surface area contributed by atoms with Crippen molar-refractivity contribution in [1.29, 1.82) is 5.26 Å². The van der Waals surface area contributed by atoms with Gasteiger partial charge in [-0.25, -0.2) is 9.07 Å². The summed E-state index contributed by atoms with van der Waals surface area (Å²) in [6, 6.07) is 18.6. The van der Waals surface area contributed by atoms with Crippen LogP contribution in [0.25, 0.3) is 16.9 Å². The Kier molecular flexibility index (Phi) is 6.88. The highest BCUT2D eigenvalue weighted by molar-refractivity contribution is 5.94. The van der Waals surface area contributed by atoms with E-state index < -0.39 is 16.6 Å². The van der Waals surface area contributed by atoms with Gasteiger partial charge in [-0.05, 0) is 48.0 Å². The van der Waals surface area contributed by atoms with E-state index in [1.54, 1.807) is 30.6 Å². The number of aromatic nitrogens is 3. The van der Waals surface area contributed by atoms with Crippen LogP contribution in [0.1, 0.15) is 22.5 Å². The van der Waals surface area contributed by atoms with E-state index in [4.69, 9.17) is 5.26 Å². The second-order valence-electron chi connectivity index (χ2n) is 7.61. The Morgan fingerprint density at radius 1 is 1.14 bits per heavy atom. The number of non-ortho nitro benzene ring substituents is 1. The number of hydrogen-bond donors (Lipinski definition) is 0. The van der Waals surface area contributed by atoms with Crippen molar-refractivity contribution in [2.24, 2.45) is 0 Å². The van der Waals surface area contributed by atoms with Crippen LogP contribution in [-0.4, -0.2) is 37.0 Å². The summed E-state index contributed by atoms with van der Waals surface area (Å²) in [6.45, 7) is 0.372. The van der Waals surface area contributed by atoms with Crippen molar-refractivity contribution in [3.8, 4) is 23.0 Å². The average molecular weight is 470 g/mol. The molecule has 4 rings (SSSR count). The molecule has 0 radical (unpaired) electrons. The van der Waals surface area contributed by atoms with Crippen LogP contribution in [-0.2, 0) is 6.54 Å². The fraction of sp³-hybridized carbons (Fsp3) is 0.120. The number of amides is 1. The Morgan fingerprint density at radius 3 is 2.63 bits per heavy atom. The summed E-state index contributed by atoms with van der Waals surface area (Å²) in [6.07, 6.45) is 3.37. The number of carbonyl (C=O) groups is 1. The molecule has 10 heteroatoms. The maximum absolute atomic E-state index is 13.7. The van der Waals surface area contributed by atoms with Crippen LogP contribution in [0.4, 0.5) is 10.1 Å². The number of benzene rings is 2. The van der Waals surface area contributed by atoms with Gasteiger partial charge in [0.15, 0.2) is 0 Å². The van der Waals surface area contributed by atoms with Crippen LogP contribution in [0.15, 0.2) is 79.1 Å². The Labute approximate surface area is 199 Å². The summed E-state index contributed by atoms with van der Waals surface area (Å²) in [4.78, 5) is 30.1. The van der Waals surface area contributed by atoms with Gasteiger partial charge in [0.1, 0.15) is 11.5 Å². The van der Waals surface area contributed by atoms with Crippen LogP contribution in [0.5, 0.6) is 0 Å². The van der Waals surface area contributed by atoms with Gasteiger partial charge < -0.3 is 4.90 Å². The Hall–Kier alpha value is -4.91. The fourth-order valence-corrected chi connectivity index (χ4v) is 3.54. The molecule has 0 aliphatic rings. The predicted octanol–water partition coefficient (Wildman–Crippen LogP) is 4.54. The lowest BCUT2D eigenvalue weighted by atomic mass is 10.1. The lowest BCUT2D eigenvalue weighted by Gasteiger charge is -2.22. The Balaban J connectivity index is 1.80. The van der Waals surface area contributed by atoms with Gasteiger partial charge in [-0.3, -0.25) is 19.9 Å². The molecule has 0 saturated carbocycles. The van der Waals surface area contributed by atoms with Crippen molar-refractivity contribution >= 4 is 11.6 Å². The van der Waals surface area contributed by atoms with E-state index in [-0.39, 0.29) is 30.9 Å². The van der Waals surface area contributed by atoms with Crippen molar-refractivity contribution in [1.82, 2.24) is 19.7 Å². The maximum Gasteiger partial charge on any atom is 0.272 e. The molecule has 0 spiro atoms. The Bertz CT molecular complexity index is 1400. The van der Waals surface area contributed by atoms with Crippen LogP contribution in [0.3, 0.4) is 0 Å². The number of pyridine rings is 1. The molecule has 174 valence electrons. The third-order valence-electron chi connectivity index (χ3n) is 5.23. The third-order valence-corrected chi connectivity index (χ3v) is 5.23. The summed E-state index contributed by atoms with van der Waals surface area (Å²) in [7, 11) is 0. The average Bonchev–Trinajstić information content (AvgIpc) is 3.33. The molecular weight excluding hydrogens is 451 g/mol. The van der Waals surface area contributed by atoms with Crippen molar-refractivity contribution in [3.05, 3.63) is 106 Å². The first-order chi connectivity index (χ1) is 17.0. The summed E-state index contributed by atoms with van der Waals surface area (Å²) >= 11 is 0. The fourth-order valence-electron chi connectivity index (χ4n) is 3.54. The largest absolute Gasteiger partial charge is 0.332 e. The van der Waals surface area contributed by atoms with E-state index >= 15 is 0 Å². The minimum absolute atomic E-state index is 0.113. The molecule has 0 unspecified atom stereocenters. The third kappa shape index (κ3) is 5.36. The first-order valence-electron chi connectivity index (χ1n) is 10.6. The minimum Gasteiger partial charge on any atom is -0.332 e. The zero-order valence-electron chi connectivity index (χ0n) is 18.4. The maximum atomic E-state index is 13.7. The molecule has 0 atom stereocenters. The minimum atomic E-state index is -0.531. The van der Waals surface area contributed by atoms with E-state index in [0.717, 1.165) is 5.56 Å². The highest BCUT2D eigenvalue weighted by Gasteiger charge is 2.24. The van der Waals surface area contributed by atoms with E-state index in [2.05, 4.69) is 16.2 Å². The van der Waals surface area contributed by atoms with Crippen LogP contribution in [0.2, 0.25) is 0 Å². The molecule has 0 saturated heterocycles. The molecule has 0 aliphatic carbocycles.